The van der Waals surface area contributed by atoms with Gasteiger partial charge in [0, 0.05) is 6.54 Å². The Kier molecular flexibility index (Phi) is 5.23. The smallest absolute Gasteiger partial charge is 0.338 e. The lowest BCUT2D eigenvalue weighted by molar-refractivity contribution is -0.125. The number of nitrogens with one attached hydrogen (secondary N) is 1. The SMILES string of the molecule is CCNS(=O)(=O)c1cccc(C(=O)O[C@H](C)C(N)=O)c1. The normalized spacial score (nSPS) is 12.7. The molecule has 0 aliphatic carbocycles. The summed E-state index contributed by atoms with van der Waals surface area (Å²) in [6.45, 7) is 3.21. The van der Waals surface area contributed by atoms with Crippen LogP contribution in [-0.2, 0) is 19.6 Å². The van der Waals surface area contributed by atoms with Crippen LogP contribution < -0.4 is 10.5 Å². The maximum absolute atomic E-state index is 11.8. The van der Waals surface area contributed by atoms with Crippen molar-refractivity contribution < 1.29 is 22.7 Å². The minimum Gasteiger partial charge on any atom is -0.449 e. The highest BCUT2D eigenvalue weighted by Gasteiger charge is 2.19. The van der Waals surface area contributed by atoms with Gasteiger partial charge in [0.2, 0.25) is 10.0 Å². The number of carbonyl (C=O) groups is 2. The van der Waals surface area contributed by atoms with Gasteiger partial charge in [-0.3, -0.25) is 4.79 Å². The van der Waals surface area contributed by atoms with Crippen LogP contribution in [0, 0.1) is 0 Å². The zero-order valence-corrected chi connectivity index (χ0v) is 11.9. The molecule has 1 rings (SSSR count). The first-order valence-corrected chi connectivity index (χ1v) is 7.36. The van der Waals surface area contributed by atoms with Gasteiger partial charge in [0.15, 0.2) is 6.10 Å². The van der Waals surface area contributed by atoms with Crippen molar-refractivity contribution in [1.82, 2.24) is 4.72 Å². The van der Waals surface area contributed by atoms with Gasteiger partial charge in [-0.05, 0) is 25.1 Å². The van der Waals surface area contributed by atoms with E-state index in [2.05, 4.69) is 4.72 Å². The van der Waals surface area contributed by atoms with Crippen molar-refractivity contribution in [1.29, 1.82) is 0 Å². The highest BCUT2D eigenvalue weighted by atomic mass is 32.2. The molecule has 3 N–H and O–H groups in total. The fourth-order valence-electron chi connectivity index (χ4n) is 1.35. The van der Waals surface area contributed by atoms with E-state index in [0.717, 1.165) is 0 Å². The second kappa shape index (κ2) is 6.49. The monoisotopic (exact) mass is 300 g/mol. The minimum absolute atomic E-state index is 0.0251. The summed E-state index contributed by atoms with van der Waals surface area (Å²) in [5.41, 5.74) is 5.00. The molecule has 7 nitrogen and oxygen atoms in total. The standard InChI is InChI=1S/C12H16N2O5S/c1-3-14-20(17,18)10-6-4-5-9(7-10)12(16)19-8(2)11(13)15/h4-8,14H,3H2,1-2H3,(H2,13,15)/t8-/m1/s1. The van der Waals surface area contributed by atoms with E-state index >= 15 is 0 Å². The van der Waals surface area contributed by atoms with E-state index in [4.69, 9.17) is 10.5 Å². The molecule has 0 saturated carbocycles. The summed E-state index contributed by atoms with van der Waals surface area (Å²) in [7, 11) is -3.66. The fourth-order valence-corrected chi connectivity index (χ4v) is 2.44. The van der Waals surface area contributed by atoms with Gasteiger partial charge in [0.25, 0.3) is 5.91 Å². The van der Waals surface area contributed by atoms with Gasteiger partial charge in [-0.15, -0.1) is 0 Å². The van der Waals surface area contributed by atoms with Gasteiger partial charge >= 0.3 is 5.97 Å². The van der Waals surface area contributed by atoms with Crippen molar-refractivity contribution in [2.75, 3.05) is 6.54 Å². The molecule has 0 heterocycles. The Morgan fingerprint density at radius 3 is 2.60 bits per heavy atom. The second-order valence-electron chi connectivity index (χ2n) is 3.98. The van der Waals surface area contributed by atoms with E-state index in [-0.39, 0.29) is 17.0 Å². The Bertz CT molecular complexity index is 612. The fraction of sp³-hybridized carbons (Fsp3) is 0.333. The summed E-state index contributed by atoms with van der Waals surface area (Å²) in [5.74, 6) is -1.60. The van der Waals surface area contributed by atoms with Gasteiger partial charge in [-0.2, -0.15) is 0 Å². The number of primary amides is 1. The first-order valence-electron chi connectivity index (χ1n) is 5.88. The molecule has 0 aliphatic rings. The molecule has 0 spiro atoms. The molecule has 0 fully saturated rings. The minimum atomic E-state index is -3.66. The predicted molar refractivity (Wildman–Crippen MR) is 71.4 cm³/mol. The Hall–Kier alpha value is -1.93. The molecule has 0 aliphatic heterocycles. The Morgan fingerprint density at radius 2 is 2.05 bits per heavy atom. The molecular weight excluding hydrogens is 284 g/mol. The number of hydrogen-bond donors (Lipinski definition) is 2. The molecule has 0 bridgehead atoms. The molecule has 0 unspecified atom stereocenters. The average Bonchev–Trinajstić information content (AvgIpc) is 2.38. The Labute approximate surface area is 117 Å². The molecule has 1 aromatic carbocycles. The maximum Gasteiger partial charge on any atom is 0.338 e. The number of rotatable bonds is 6. The van der Waals surface area contributed by atoms with Crippen LogP contribution in [0.2, 0.25) is 0 Å². The summed E-state index contributed by atoms with van der Waals surface area (Å²) in [4.78, 5) is 22.5. The van der Waals surface area contributed by atoms with E-state index in [9.17, 15) is 18.0 Å². The second-order valence-corrected chi connectivity index (χ2v) is 5.75. The Balaban J connectivity index is 2.99. The number of amides is 1. The molecule has 1 aromatic rings. The third kappa shape index (κ3) is 4.04. The number of benzene rings is 1. The lowest BCUT2D eigenvalue weighted by Crippen LogP contribution is -2.30. The molecule has 1 amide bonds. The van der Waals surface area contributed by atoms with E-state index in [1.54, 1.807) is 6.92 Å². The van der Waals surface area contributed by atoms with Crippen LogP contribution in [0.25, 0.3) is 0 Å². The number of hydrogen-bond acceptors (Lipinski definition) is 5. The van der Waals surface area contributed by atoms with Crippen molar-refractivity contribution in [2.24, 2.45) is 5.73 Å². The highest BCUT2D eigenvalue weighted by molar-refractivity contribution is 7.89. The van der Waals surface area contributed by atoms with Crippen molar-refractivity contribution in [3.63, 3.8) is 0 Å². The first-order chi connectivity index (χ1) is 9.27. The van der Waals surface area contributed by atoms with Crippen LogP contribution in [0.4, 0.5) is 0 Å². The lowest BCUT2D eigenvalue weighted by atomic mass is 10.2. The molecule has 110 valence electrons. The molecule has 0 saturated heterocycles. The largest absolute Gasteiger partial charge is 0.449 e. The van der Waals surface area contributed by atoms with Crippen molar-refractivity contribution in [2.45, 2.75) is 24.8 Å². The van der Waals surface area contributed by atoms with Crippen LogP contribution in [0.5, 0.6) is 0 Å². The van der Waals surface area contributed by atoms with Crippen LogP contribution >= 0.6 is 0 Å². The van der Waals surface area contributed by atoms with E-state index in [1.807, 2.05) is 0 Å². The van der Waals surface area contributed by atoms with Gasteiger partial charge in [-0.1, -0.05) is 13.0 Å². The van der Waals surface area contributed by atoms with E-state index < -0.39 is 28.0 Å². The van der Waals surface area contributed by atoms with Gasteiger partial charge in [-0.25, -0.2) is 17.9 Å². The average molecular weight is 300 g/mol. The zero-order chi connectivity index (χ0) is 15.3. The van der Waals surface area contributed by atoms with Crippen LogP contribution in [0.1, 0.15) is 24.2 Å². The molecule has 0 aromatic heterocycles. The maximum atomic E-state index is 11.8. The topological polar surface area (TPSA) is 116 Å². The van der Waals surface area contributed by atoms with Gasteiger partial charge < -0.3 is 10.5 Å². The van der Waals surface area contributed by atoms with E-state index in [1.165, 1.54) is 31.2 Å². The van der Waals surface area contributed by atoms with Crippen LogP contribution in [0.3, 0.4) is 0 Å². The summed E-state index contributed by atoms with van der Waals surface area (Å²) in [6.07, 6.45) is -1.09. The third-order valence-corrected chi connectivity index (χ3v) is 3.94. The molecular formula is C12H16N2O5S. The van der Waals surface area contributed by atoms with Gasteiger partial charge in [0.1, 0.15) is 0 Å². The summed E-state index contributed by atoms with van der Waals surface area (Å²) in [5, 5.41) is 0. The van der Waals surface area contributed by atoms with Crippen LogP contribution in [0.15, 0.2) is 29.2 Å². The molecule has 0 radical (unpaired) electrons. The Morgan fingerprint density at radius 1 is 1.40 bits per heavy atom. The quantitative estimate of drug-likeness (QED) is 0.718. The molecule has 8 heteroatoms. The molecule has 20 heavy (non-hydrogen) atoms. The number of sulfonamides is 1. The van der Waals surface area contributed by atoms with Crippen molar-refractivity contribution >= 4 is 21.9 Å². The highest BCUT2D eigenvalue weighted by Crippen LogP contribution is 2.13. The third-order valence-electron chi connectivity index (χ3n) is 2.40. The number of esters is 1. The lowest BCUT2D eigenvalue weighted by Gasteiger charge is -2.10. The molecule has 1 atom stereocenters. The van der Waals surface area contributed by atoms with Crippen molar-refractivity contribution in [3.05, 3.63) is 29.8 Å². The summed E-state index contributed by atoms with van der Waals surface area (Å²) in [6, 6.07) is 5.33. The van der Waals surface area contributed by atoms with Crippen molar-refractivity contribution in [3.8, 4) is 0 Å². The first kappa shape index (κ1) is 16.1. The number of nitrogens with two attached hydrogens (primary N) is 1. The van der Waals surface area contributed by atoms with E-state index in [0.29, 0.717) is 0 Å². The summed E-state index contributed by atoms with van der Waals surface area (Å²) >= 11 is 0. The predicted octanol–water partition coefficient (Wildman–Crippen LogP) is 0.0154. The number of carbonyl (C=O) groups excluding carboxylic acids is 2. The summed E-state index contributed by atoms with van der Waals surface area (Å²) < 4.78 is 30.7. The zero-order valence-electron chi connectivity index (χ0n) is 11.1. The number of ether oxygens (including phenoxy) is 1. The van der Waals surface area contributed by atoms with Crippen LogP contribution in [-0.4, -0.2) is 32.9 Å². The van der Waals surface area contributed by atoms with Gasteiger partial charge in [0.05, 0.1) is 10.5 Å².